The summed E-state index contributed by atoms with van der Waals surface area (Å²) >= 11 is 0. The minimum Gasteiger partial charge on any atom is -0.480 e. The van der Waals surface area contributed by atoms with E-state index >= 15 is 0 Å². The number of aliphatic carboxylic acids is 1. The minimum absolute atomic E-state index is 0.312. The summed E-state index contributed by atoms with van der Waals surface area (Å²) < 4.78 is 0. The van der Waals surface area contributed by atoms with Gasteiger partial charge in [-0.05, 0) is 35.2 Å². The maximum Gasteiger partial charge on any atom is 0.320 e. The molecule has 0 radical (unpaired) electrons. The van der Waals surface area contributed by atoms with E-state index in [1.807, 2.05) is 54.6 Å². The van der Waals surface area contributed by atoms with E-state index in [0.717, 1.165) is 27.6 Å². The number of carboxylic acid groups (broad SMARTS) is 1. The lowest BCUT2D eigenvalue weighted by Gasteiger charge is -2.10. The van der Waals surface area contributed by atoms with Crippen LogP contribution in [0.25, 0.3) is 22.0 Å². The molecule has 0 aliphatic carbocycles. The molecule has 1 atom stereocenters. The molecule has 0 saturated carbocycles. The summed E-state index contributed by atoms with van der Waals surface area (Å²) in [6.45, 7) is 0. The van der Waals surface area contributed by atoms with Gasteiger partial charge in [-0.3, -0.25) is 9.78 Å². The van der Waals surface area contributed by atoms with Gasteiger partial charge in [-0.1, -0.05) is 42.5 Å². The Hall–Kier alpha value is -2.72. The number of pyridine rings is 1. The van der Waals surface area contributed by atoms with E-state index in [4.69, 9.17) is 10.8 Å². The zero-order chi connectivity index (χ0) is 15.5. The molecule has 4 heteroatoms. The van der Waals surface area contributed by atoms with Gasteiger partial charge < -0.3 is 10.8 Å². The van der Waals surface area contributed by atoms with Crippen LogP contribution in [0, 0.1) is 0 Å². The maximum absolute atomic E-state index is 10.9. The van der Waals surface area contributed by atoms with E-state index in [9.17, 15) is 4.79 Å². The van der Waals surface area contributed by atoms with E-state index in [2.05, 4.69) is 4.98 Å². The molecule has 0 spiro atoms. The average molecular weight is 292 g/mol. The lowest BCUT2D eigenvalue weighted by atomic mass is 9.97. The van der Waals surface area contributed by atoms with E-state index in [0.29, 0.717) is 6.42 Å². The molecule has 0 aliphatic rings. The van der Waals surface area contributed by atoms with Crippen LogP contribution in [0.5, 0.6) is 0 Å². The number of aromatic nitrogens is 1. The Labute approximate surface area is 128 Å². The van der Waals surface area contributed by atoms with E-state index < -0.39 is 12.0 Å². The summed E-state index contributed by atoms with van der Waals surface area (Å²) in [6, 6.07) is 16.9. The van der Waals surface area contributed by atoms with E-state index in [1.165, 1.54) is 0 Å². The first-order valence-corrected chi connectivity index (χ1v) is 7.06. The topological polar surface area (TPSA) is 76.2 Å². The second-order valence-electron chi connectivity index (χ2n) is 5.22. The Morgan fingerprint density at radius 1 is 1.14 bits per heavy atom. The van der Waals surface area contributed by atoms with Gasteiger partial charge in [0.1, 0.15) is 6.04 Å². The Kier molecular flexibility index (Phi) is 3.85. The Morgan fingerprint density at radius 3 is 2.77 bits per heavy atom. The number of fused-ring (bicyclic) bond motifs is 1. The van der Waals surface area contributed by atoms with Crippen LogP contribution in [-0.4, -0.2) is 22.1 Å². The molecular weight excluding hydrogens is 276 g/mol. The number of nitrogens with zero attached hydrogens (tertiary/aromatic N) is 1. The first-order chi connectivity index (χ1) is 10.6. The van der Waals surface area contributed by atoms with Gasteiger partial charge in [0.25, 0.3) is 0 Å². The molecule has 3 aromatic rings. The fourth-order valence-electron chi connectivity index (χ4n) is 2.55. The highest BCUT2D eigenvalue weighted by Gasteiger charge is 2.12. The second-order valence-corrected chi connectivity index (χ2v) is 5.22. The van der Waals surface area contributed by atoms with Crippen LogP contribution >= 0.6 is 0 Å². The van der Waals surface area contributed by atoms with Crippen molar-refractivity contribution in [2.24, 2.45) is 5.73 Å². The van der Waals surface area contributed by atoms with Gasteiger partial charge in [-0.15, -0.1) is 0 Å². The Balaban J connectivity index is 2.03. The summed E-state index contributed by atoms with van der Waals surface area (Å²) in [5.41, 5.74) is 9.58. The first-order valence-electron chi connectivity index (χ1n) is 7.06. The number of nitrogens with two attached hydrogens (primary N) is 1. The fraction of sp³-hybridized carbons (Fsp3) is 0.111. The summed E-state index contributed by atoms with van der Waals surface area (Å²) in [5, 5.41) is 10.0. The third-order valence-corrected chi connectivity index (χ3v) is 3.66. The van der Waals surface area contributed by atoms with Crippen molar-refractivity contribution in [3.05, 3.63) is 66.4 Å². The molecule has 4 nitrogen and oxygen atoms in total. The molecule has 110 valence electrons. The van der Waals surface area contributed by atoms with Gasteiger partial charge in [0.15, 0.2) is 0 Å². The lowest BCUT2D eigenvalue weighted by molar-refractivity contribution is -0.138. The van der Waals surface area contributed by atoms with Crippen LogP contribution in [0.15, 0.2) is 60.8 Å². The van der Waals surface area contributed by atoms with Crippen LogP contribution in [0.4, 0.5) is 0 Å². The molecule has 1 aromatic heterocycles. The largest absolute Gasteiger partial charge is 0.480 e. The van der Waals surface area contributed by atoms with Gasteiger partial charge in [0, 0.05) is 11.6 Å². The monoisotopic (exact) mass is 292 g/mol. The van der Waals surface area contributed by atoms with Crippen molar-refractivity contribution >= 4 is 16.9 Å². The summed E-state index contributed by atoms with van der Waals surface area (Å²) in [5.74, 6) is -0.986. The number of rotatable bonds is 4. The van der Waals surface area contributed by atoms with Crippen molar-refractivity contribution in [1.82, 2.24) is 4.98 Å². The molecule has 1 heterocycles. The molecule has 22 heavy (non-hydrogen) atoms. The molecule has 0 bridgehead atoms. The number of carboxylic acids is 1. The Bertz CT molecular complexity index is 825. The van der Waals surface area contributed by atoms with Crippen LogP contribution in [0.2, 0.25) is 0 Å². The summed E-state index contributed by atoms with van der Waals surface area (Å²) in [6.07, 6.45) is 2.10. The molecule has 0 unspecified atom stereocenters. The fourth-order valence-corrected chi connectivity index (χ4v) is 2.55. The van der Waals surface area contributed by atoms with Crippen LogP contribution in [0.1, 0.15) is 5.56 Å². The van der Waals surface area contributed by atoms with Crippen molar-refractivity contribution in [1.29, 1.82) is 0 Å². The number of para-hydroxylation sites is 1. The highest BCUT2D eigenvalue weighted by Crippen LogP contribution is 2.28. The first kappa shape index (κ1) is 14.2. The van der Waals surface area contributed by atoms with Crippen molar-refractivity contribution in [3.8, 4) is 11.1 Å². The minimum atomic E-state index is -0.986. The summed E-state index contributed by atoms with van der Waals surface area (Å²) in [4.78, 5) is 15.3. The van der Waals surface area contributed by atoms with Crippen molar-refractivity contribution in [2.45, 2.75) is 12.5 Å². The normalized spacial score (nSPS) is 12.2. The van der Waals surface area contributed by atoms with Gasteiger partial charge >= 0.3 is 5.97 Å². The molecule has 0 aliphatic heterocycles. The molecule has 3 rings (SSSR count). The molecule has 0 saturated heterocycles. The second kappa shape index (κ2) is 5.95. The molecule has 0 amide bonds. The quantitative estimate of drug-likeness (QED) is 0.775. The Morgan fingerprint density at radius 2 is 1.95 bits per heavy atom. The molecular formula is C18H16N2O2. The van der Waals surface area contributed by atoms with Gasteiger partial charge in [-0.25, -0.2) is 0 Å². The van der Waals surface area contributed by atoms with E-state index in [1.54, 1.807) is 6.20 Å². The van der Waals surface area contributed by atoms with Crippen molar-refractivity contribution in [2.75, 3.05) is 0 Å². The number of hydrogen-bond donors (Lipinski definition) is 2. The smallest absolute Gasteiger partial charge is 0.320 e. The number of benzene rings is 2. The van der Waals surface area contributed by atoms with E-state index in [-0.39, 0.29) is 0 Å². The zero-order valence-electron chi connectivity index (χ0n) is 11.9. The SMILES string of the molecule is N[C@H](Cc1cccc(-c2ccnc3ccccc23)c1)C(=O)O. The van der Waals surface area contributed by atoms with Crippen molar-refractivity contribution < 1.29 is 9.90 Å². The third-order valence-electron chi connectivity index (χ3n) is 3.66. The number of hydrogen-bond acceptors (Lipinski definition) is 3. The zero-order valence-corrected chi connectivity index (χ0v) is 11.9. The molecule has 3 N–H and O–H groups in total. The third kappa shape index (κ3) is 2.82. The standard InChI is InChI=1S/C18H16N2O2/c19-16(18(21)22)11-12-4-3-5-13(10-12)14-8-9-20-17-7-2-1-6-15(14)17/h1-10,16H,11,19H2,(H,21,22)/t16-/m1/s1. The lowest BCUT2D eigenvalue weighted by Crippen LogP contribution is -2.32. The molecule has 0 fully saturated rings. The van der Waals surface area contributed by atoms with Gasteiger partial charge in [0.2, 0.25) is 0 Å². The summed E-state index contributed by atoms with van der Waals surface area (Å²) in [7, 11) is 0. The predicted octanol–water partition coefficient (Wildman–Crippen LogP) is 2.86. The van der Waals surface area contributed by atoms with Crippen LogP contribution < -0.4 is 5.73 Å². The van der Waals surface area contributed by atoms with Crippen molar-refractivity contribution in [3.63, 3.8) is 0 Å². The van der Waals surface area contributed by atoms with Gasteiger partial charge in [0.05, 0.1) is 5.52 Å². The maximum atomic E-state index is 10.9. The van der Waals surface area contributed by atoms with Crippen LogP contribution in [0.3, 0.4) is 0 Å². The van der Waals surface area contributed by atoms with Crippen LogP contribution in [-0.2, 0) is 11.2 Å². The highest BCUT2D eigenvalue weighted by atomic mass is 16.4. The molecule has 2 aromatic carbocycles. The predicted molar refractivity (Wildman–Crippen MR) is 86.5 cm³/mol. The number of carbonyl (C=O) groups is 1. The van der Waals surface area contributed by atoms with Gasteiger partial charge in [-0.2, -0.15) is 0 Å². The average Bonchev–Trinajstić information content (AvgIpc) is 2.54. The highest BCUT2D eigenvalue weighted by molar-refractivity contribution is 5.94.